The van der Waals surface area contributed by atoms with Gasteiger partial charge in [-0.05, 0) is 98.5 Å². The number of carbonyl (C=O) groups excluding carboxylic acids is 1. The molecule has 0 bridgehead atoms. The maximum Gasteiger partial charge on any atom is 0.264 e. The predicted molar refractivity (Wildman–Crippen MR) is 166 cm³/mol. The molecule has 41 heavy (non-hydrogen) atoms. The van der Waals surface area contributed by atoms with E-state index in [4.69, 9.17) is 11.6 Å². The second kappa shape index (κ2) is 12.6. The fourth-order valence-corrected chi connectivity index (χ4v) is 7.00. The van der Waals surface area contributed by atoms with Gasteiger partial charge in [0.05, 0.1) is 21.2 Å². The summed E-state index contributed by atoms with van der Waals surface area (Å²) in [5, 5.41) is 3.09. The monoisotopic (exact) mass is 629 g/mol. The molecule has 8 nitrogen and oxygen atoms in total. The van der Waals surface area contributed by atoms with E-state index >= 15 is 0 Å². The lowest BCUT2D eigenvalue weighted by Gasteiger charge is -2.24. The molecule has 2 N–H and O–H groups in total. The molecule has 0 fully saturated rings. The number of hydrogen-bond donors (Lipinski definition) is 2. The lowest BCUT2D eigenvalue weighted by Crippen LogP contribution is -2.38. The molecule has 4 aromatic carbocycles. The summed E-state index contributed by atoms with van der Waals surface area (Å²) in [4.78, 5) is 14.0. The van der Waals surface area contributed by atoms with Gasteiger partial charge >= 0.3 is 0 Å². The Morgan fingerprint density at radius 2 is 1.44 bits per heavy atom. The highest BCUT2D eigenvalue weighted by atomic mass is 35.5. The zero-order chi connectivity index (χ0) is 29.8. The molecule has 0 saturated carbocycles. The summed E-state index contributed by atoms with van der Waals surface area (Å²) < 4.78 is 56.6. The number of anilines is 3. The van der Waals surface area contributed by atoms with E-state index in [0.29, 0.717) is 27.6 Å². The molecule has 0 spiro atoms. The molecule has 0 aliphatic heterocycles. The number of nitrogens with zero attached hydrogens (tertiary/aromatic N) is 1. The Hall–Kier alpha value is -3.51. The molecule has 0 unspecified atom stereocenters. The van der Waals surface area contributed by atoms with Crippen molar-refractivity contribution >= 4 is 66.4 Å². The number of aryl methyl sites for hydroxylation is 1. The highest BCUT2D eigenvalue weighted by molar-refractivity contribution is 7.98. The third-order valence-corrected chi connectivity index (χ3v) is 10.5. The Kier molecular flexibility index (Phi) is 9.33. The smallest absolute Gasteiger partial charge is 0.264 e. The van der Waals surface area contributed by atoms with Crippen molar-refractivity contribution in [1.82, 2.24) is 0 Å². The second-order valence-corrected chi connectivity index (χ2v) is 13.9. The van der Waals surface area contributed by atoms with Crippen LogP contribution in [0.5, 0.6) is 0 Å². The summed E-state index contributed by atoms with van der Waals surface area (Å²) in [6, 6.07) is 23.8. The maximum absolute atomic E-state index is 13.6. The third-order valence-electron chi connectivity index (χ3n) is 6.22. The fraction of sp³-hybridized carbons (Fsp3) is 0.138. The quantitative estimate of drug-likeness (QED) is 0.199. The van der Waals surface area contributed by atoms with E-state index in [1.54, 1.807) is 61.5 Å². The molecule has 0 heterocycles. The van der Waals surface area contributed by atoms with Crippen molar-refractivity contribution in [3.8, 4) is 0 Å². The number of benzene rings is 4. The normalized spacial score (nSPS) is 11.6. The molecule has 12 heteroatoms. The molecule has 0 aliphatic carbocycles. The minimum Gasteiger partial charge on any atom is -0.325 e. The van der Waals surface area contributed by atoms with Crippen LogP contribution in [0.15, 0.2) is 106 Å². The van der Waals surface area contributed by atoms with Gasteiger partial charge < -0.3 is 5.32 Å². The van der Waals surface area contributed by atoms with Crippen LogP contribution in [0.4, 0.5) is 17.1 Å². The van der Waals surface area contributed by atoms with Crippen molar-refractivity contribution in [2.75, 3.05) is 27.1 Å². The van der Waals surface area contributed by atoms with Gasteiger partial charge in [-0.3, -0.25) is 13.8 Å². The molecular formula is C29H28ClN3O5S3. The summed E-state index contributed by atoms with van der Waals surface area (Å²) >= 11 is 7.59. The summed E-state index contributed by atoms with van der Waals surface area (Å²) in [7, 11) is -8.00. The van der Waals surface area contributed by atoms with E-state index in [9.17, 15) is 21.6 Å². The van der Waals surface area contributed by atoms with Crippen LogP contribution in [0.1, 0.15) is 11.1 Å². The Labute approximate surface area is 249 Å². The lowest BCUT2D eigenvalue weighted by molar-refractivity contribution is -0.114. The van der Waals surface area contributed by atoms with E-state index in [2.05, 4.69) is 10.0 Å². The summed E-state index contributed by atoms with van der Waals surface area (Å²) in [6.45, 7) is 3.09. The highest BCUT2D eigenvalue weighted by Gasteiger charge is 2.27. The van der Waals surface area contributed by atoms with E-state index in [1.165, 1.54) is 48.2 Å². The van der Waals surface area contributed by atoms with Gasteiger partial charge in [-0.15, -0.1) is 11.8 Å². The first-order valence-corrected chi connectivity index (χ1v) is 16.8. The van der Waals surface area contributed by atoms with Crippen molar-refractivity contribution in [3.63, 3.8) is 0 Å². The molecule has 1 amide bonds. The number of sulfonamides is 2. The lowest BCUT2D eigenvalue weighted by atomic mass is 10.2. The Balaban J connectivity index is 1.53. The minimum atomic E-state index is -4.08. The standard InChI is InChI=1S/C29H28ClN3O5S3/c1-20-7-11-23(12-8-20)33(41(37,38)26-17-13-24(39-3)14-18-26)19-29(34)31-22-9-15-25(16-10-22)40(35,36)32-28-6-4-5-27(30)21(28)2/h4-18,32H,19H2,1-3H3,(H,31,34). The topological polar surface area (TPSA) is 113 Å². The zero-order valence-electron chi connectivity index (χ0n) is 22.5. The average Bonchev–Trinajstić information content (AvgIpc) is 2.95. The van der Waals surface area contributed by atoms with Gasteiger partial charge in [-0.25, -0.2) is 16.8 Å². The average molecular weight is 630 g/mol. The van der Waals surface area contributed by atoms with Crippen molar-refractivity contribution in [3.05, 3.63) is 107 Å². The Morgan fingerprint density at radius 1 is 0.829 bits per heavy atom. The van der Waals surface area contributed by atoms with Crippen LogP contribution in [-0.4, -0.2) is 35.5 Å². The number of halogens is 1. The number of hydrogen-bond acceptors (Lipinski definition) is 6. The number of amides is 1. The van der Waals surface area contributed by atoms with E-state index in [1.807, 2.05) is 13.2 Å². The van der Waals surface area contributed by atoms with Crippen LogP contribution in [0.2, 0.25) is 5.02 Å². The Morgan fingerprint density at radius 3 is 2.05 bits per heavy atom. The van der Waals surface area contributed by atoms with Gasteiger partial charge in [0.2, 0.25) is 5.91 Å². The van der Waals surface area contributed by atoms with Crippen molar-refractivity contribution < 1.29 is 21.6 Å². The van der Waals surface area contributed by atoms with E-state index < -0.39 is 32.5 Å². The number of nitrogens with one attached hydrogen (secondary N) is 2. The number of carbonyl (C=O) groups is 1. The second-order valence-electron chi connectivity index (χ2n) is 9.11. The van der Waals surface area contributed by atoms with Crippen LogP contribution in [0.3, 0.4) is 0 Å². The molecule has 4 aromatic rings. The molecule has 0 aromatic heterocycles. The fourth-order valence-electron chi connectivity index (χ4n) is 3.87. The summed E-state index contributed by atoms with van der Waals surface area (Å²) in [6.07, 6.45) is 1.89. The summed E-state index contributed by atoms with van der Waals surface area (Å²) in [5.74, 6) is -0.599. The third kappa shape index (κ3) is 7.23. The van der Waals surface area contributed by atoms with Gasteiger partial charge in [-0.1, -0.05) is 35.4 Å². The molecule has 0 aliphatic rings. The molecule has 0 radical (unpaired) electrons. The SMILES string of the molecule is CSc1ccc(S(=O)(=O)N(CC(=O)Nc2ccc(S(=O)(=O)Nc3cccc(Cl)c3C)cc2)c2ccc(C)cc2)cc1. The van der Waals surface area contributed by atoms with Crippen LogP contribution < -0.4 is 14.3 Å². The molecule has 214 valence electrons. The van der Waals surface area contributed by atoms with E-state index in [0.717, 1.165) is 14.8 Å². The first-order valence-electron chi connectivity index (χ1n) is 12.3. The predicted octanol–water partition coefficient (Wildman–Crippen LogP) is 6.31. The Bertz CT molecular complexity index is 1760. The number of rotatable bonds is 10. The molecule has 0 saturated heterocycles. The van der Waals surface area contributed by atoms with Gasteiger partial charge in [0.1, 0.15) is 6.54 Å². The van der Waals surface area contributed by atoms with Gasteiger partial charge in [-0.2, -0.15) is 0 Å². The van der Waals surface area contributed by atoms with Crippen LogP contribution in [-0.2, 0) is 24.8 Å². The van der Waals surface area contributed by atoms with Crippen LogP contribution >= 0.6 is 23.4 Å². The molecular weight excluding hydrogens is 602 g/mol. The van der Waals surface area contributed by atoms with Crippen molar-refractivity contribution in [1.29, 1.82) is 0 Å². The maximum atomic E-state index is 13.6. The first kappa shape index (κ1) is 30.4. The van der Waals surface area contributed by atoms with Crippen LogP contribution in [0.25, 0.3) is 0 Å². The molecule has 0 atom stereocenters. The van der Waals surface area contributed by atoms with Gasteiger partial charge in [0.15, 0.2) is 0 Å². The van der Waals surface area contributed by atoms with E-state index in [-0.39, 0.29) is 9.79 Å². The van der Waals surface area contributed by atoms with Crippen molar-refractivity contribution in [2.45, 2.75) is 28.5 Å². The van der Waals surface area contributed by atoms with Crippen LogP contribution in [0, 0.1) is 13.8 Å². The van der Waals surface area contributed by atoms with Gasteiger partial charge in [0, 0.05) is 15.6 Å². The largest absolute Gasteiger partial charge is 0.325 e. The minimum absolute atomic E-state index is 0.0209. The molecule has 4 rings (SSSR count). The van der Waals surface area contributed by atoms with Crippen molar-refractivity contribution in [2.24, 2.45) is 0 Å². The highest BCUT2D eigenvalue weighted by Crippen LogP contribution is 2.27. The van der Waals surface area contributed by atoms with Gasteiger partial charge in [0.25, 0.3) is 20.0 Å². The zero-order valence-corrected chi connectivity index (χ0v) is 25.7. The number of thioether (sulfide) groups is 1. The summed E-state index contributed by atoms with van der Waals surface area (Å²) in [5.41, 5.74) is 2.53. The first-order chi connectivity index (χ1) is 19.4.